The van der Waals surface area contributed by atoms with Crippen LogP contribution in [0.15, 0.2) is 12.1 Å². The average Bonchev–Trinajstić information content (AvgIpc) is 2.26. The van der Waals surface area contributed by atoms with Crippen molar-refractivity contribution in [3.63, 3.8) is 0 Å². The van der Waals surface area contributed by atoms with Gasteiger partial charge in [0.05, 0.1) is 0 Å². The summed E-state index contributed by atoms with van der Waals surface area (Å²) >= 11 is 6.12. The van der Waals surface area contributed by atoms with Crippen molar-refractivity contribution in [2.75, 3.05) is 13.1 Å². The van der Waals surface area contributed by atoms with Gasteiger partial charge < -0.3 is 10.1 Å². The quantitative estimate of drug-likeness (QED) is 0.783. The van der Waals surface area contributed by atoms with Crippen molar-refractivity contribution in [3.05, 3.63) is 28.3 Å². The van der Waals surface area contributed by atoms with Crippen LogP contribution < -0.4 is 10.1 Å². The fourth-order valence-corrected chi connectivity index (χ4v) is 1.84. The first-order valence-electron chi connectivity index (χ1n) is 6.18. The number of aryl methyl sites for hydroxylation is 2. The van der Waals surface area contributed by atoms with E-state index in [9.17, 15) is 0 Å². The van der Waals surface area contributed by atoms with Gasteiger partial charge in [0.1, 0.15) is 11.9 Å². The van der Waals surface area contributed by atoms with Gasteiger partial charge >= 0.3 is 0 Å². The summed E-state index contributed by atoms with van der Waals surface area (Å²) in [6.45, 7) is 10.1. The third kappa shape index (κ3) is 4.57. The van der Waals surface area contributed by atoms with Gasteiger partial charge in [0, 0.05) is 11.6 Å². The first-order chi connectivity index (χ1) is 8.04. The molecule has 3 heteroatoms. The van der Waals surface area contributed by atoms with Crippen molar-refractivity contribution in [1.82, 2.24) is 5.32 Å². The molecule has 1 aromatic rings. The molecule has 1 aromatic carbocycles. The van der Waals surface area contributed by atoms with E-state index in [0.29, 0.717) is 0 Å². The summed E-state index contributed by atoms with van der Waals surface area (Å²) in [5, 5.41) is 4.17. The van der Waals surface area contributed by atoms with Crippen LogP contribution in [0.3, 0.4) is 0 Å². The Morgan fingerprint density at radius 3 is 2.41 bits per heavy atom. The SMILES string of the molecule is CCCNCC(C)Oc1cc(C)c(Cl)c(C)c1. The molecule has 0 aliphatic carbocycles. The van der Waals surface area contributed by atoms with Crippen molar-refractivity contribution in [3.8, 4) is 5.75 Å². The lowest BCUT2D eigenvalue weighted by atomic mass is 10.1. The Balaban J connectivity index is 2.56. The van der Waals surface area contributed by atoms with Crippen LogP contribution in [0.1, 0.15) is 31.4 Å². The molecule has 0 aromatic heterocycles. The van der Waals surface area contributed by atoms with Crippen LogP contribution in [0.2, 0.25) is 5.02 Å². The largest absolute Gasteiger partial charge is 0.489 e. The third-order valence-corrected chi connectivity index (χ3v) is 3.20. The molecular weight excluding hydrogens is 234 g/mol. The van der Waals surface area contributed by atoms with Gasteiger partial charge in [-0.2, -0.15) is 0 Å². The Kier molecular flexibility index (Phi) is 5.79. The smallest absolute Gasteiger partial charge is 0.120 e. The summed E-state index contributed by atoms with van der Waals surface area (Å²) in [4.78, 5) is 0. The molecule has 0 heterocycles. The molecule has 0 saturated heterocycles. The maximum Gasteiger partial charge on any atom is 0.120 e. The van der Waals surface area contributed by atoms with Crippen LogP contribution in [0, 0.1) is 13.8 Å². The normalized spacial score (nSPS) is 12.5. The van der Waals surface area contributed by atoms with Gasteiger partial charge in [-0.05, 0) is 57.0 Å². The summed E-state index contributed by atoms with van der Waals surface area (Å²) in [7, 11) is 0. The Morgan fingerprint density at radius 2 is 1.88 bits per heavy atom. The molecule has 0 aliphatic heterocycles. The first kappa shape index (κ1) is 14.3. The summed E-state index contributed by atoms with van der Waals surface area (Å²) < 4.78 is 5.86. The van der Waals surface area contributed by atoms with E-state index in [-0.39, 0.29) is 6.10 Å². The second-order valence-corrected chi connectivity index (χ2v) is 4.88. The van der Waals surface area contributed by atoms with Crippen LogP contribution in [0.25, 0.3) is 0 Å². The highest BCUT2D eigenvalue weighted by Gasteiger charge is 2.07. The van der Waals surface area contributed by atoms with E-state index in [4.69, 9.17) is 16.3 Å². The monoisotopic (exact) mass is 255 g/mol. The number of rotatable bonds is 6. The first-order valence-corrected chi connectivity index (χ1v) is 6.56. The number of nitrogens with one attached hydrogen (secondary N) is 1. The number of ether oxygens (including phenoxy) is 1. The fourth-order valence-electron chi connectivity index (χ4n) is 1.73. The number of halogens is 1. The molecule has 0 saturated carbocycles. The number of benzene rings is 1. The second kappa shape index (κ2) is 6.87. The van der Waals surface area contributed by atoms with Crippen molar-refractivity contribution in [2.24, 2.45) is 0 Å². The van der Waals surface area contributed by atoms with E-state index in [1.807, 2.05) is 26.0 Å². The average molecular weight is 256 g/mol. The zero-order valence-electron chi connectivity index (χ0n) is 11.1. The van der Waals surface area contributed by atoms with Gasteiger partial charge in [-0.25, -0.2) is 0 Å². The van der Waals surface area contributed by atoms with Crippen LogP contribution >= 0.6 is 11.6 Å². The molecular formula is C14H22ClNO. The van der Waals surface area contributed by atoms with Crippen LogP contribution in [-0.2, 0) is 0 Å². The van der Waals surface area contributed by atoms with Gasteiger partial charge in [0.2, 0.25) is 0 Å². The molecule has 0 bridgehead atoms. The van der Waals surface area contributed by atoms with Crippen molar-refractivity contribution >= 4 is 11.6 Å². The lowest BCUT2D eigenvalue weighted by Crippen LogP contribution is -2.29. The molecule has 0 aliphatic rings. The standard InChI is InChI=1S/C14H22ClNO/c1-5-6-16-9-12(4)17-13-7-10(2)14(15)11(3)8-13/h7-8,12,16H,5-6,9H2,1-4H3. The van der Waals surface area contributed by atoms with E-state index in [1.54, 1.807) is 0 Å². The van der Waals surface area contributed by atoms with Gasteiger partial charge in [0.15, 0.2) is 0 Å². The summed E-state index contributed by atoms with van der Waals surface area (Å²) in [6, 6.07) is 3.98. The van der Waals surface area contributed by atoms with Crippen LogP contribution in [0.4, 0.5) is 0 Å². The van der Waals surface area contributed by atoms with Crippen LogP contribution in [0.5, 0.6) is 5.75 Å². The zero-order valence-corrected chi connectivity index (χ0v) is 11.9. The molecule has 96 valence electrons. The Morgan fingerprint density at radius 1 is 1.29 bits per heavy atom. The Hall–Kier alpha value is -0.730. The maximum absolute atomic E-state index is 6.12. The molecule has 0 amide bonds. The summed E-state index contributed by atoms with van der Waals surface area (Å²) in [6.07, 6.45) is 1.31. The minimum absolute atomic E-state index is 0.168. The molecule has 1 N–H and O–H groups in total. The predicted octanol–water partition coefficient (Wildman–Crippen LogP) is 3.72. The maximum atomic E-state index is 6.12. The molecule has 1 rings (SSSR count). The number of hydrogen-bond acceptors (Lipinski definition) is 2. The summed E-state index contributed by atoms with van der Waals surface area (Å²) in [5.41, 5.74) is 2.13. The minimum Gasteiger partial charge on any atom is -0.489 e. The lowest BCUT2D eigenvalue weighted by Gasteiger charge is -2.16. The molecule has 0 fully saturated rings. The lowest BCUT2D eigenvalue weighted by molar-refractivity contribution is 0.217. The molecule has 17 heavy (non-hydrogen) atoms. The highest BCUT2D eigenvalue weighted by Crippen LogP contribution is 2.26. The molecule has 0 spiro atoms. The zero-order chi connectivity index (χ0) is 12.8. The van der Waals surface area contributed by atoms with Gasteiger partial charge in [-0.15, -0.1) is 0 Å². The van der Waals surface area contributed by atoms with E-state index in [0.717, 1.165) is 41.4 Å². The highest BCUT2D eigenvalue weighted by molar-refractivity contribution is 6.32. The van der Waals surface area contributed by atoms with Crippen molar-refractivity contribution in [2.45, 2.75) is 40.2 Å². The van der Waals surface area contributed by atoms with Gasteiger partial charge in [0.25, 0.3) is 0 Å². The molecule has 1 unspecified atom stereocenters. The fraction of sp³-hybridized carbons (Fsp3) is 0.571. The third-order valence-electron chi connectivity index (χ3n) is 2.61. The van der Waals surface area contributed by atoms with E-state index < -0.39 is 0 Å². The van der Waals surface area contributed by atoms with E-state index in [2.05, 4.69) is 19.2 Å². The number of hydrogen-bond donors (Lipinski definition) is 1. The second-order valence-electron chi connectivity index (χ2n) is 4.50. The summed E-state index contributed by atoms with van der Waals surface area (Å²) in [5.74, 6) is 0.898. The Bertz CT molecular complexity index is 342. The minimum atomic E-state index is 0.168. The van der Waals surface area contributed by atoms with E-state index in [1.165, 1.54) is 0 Å². The van der Waals surface area contributed by atoms with Crippen molar-refractivity contribution < 1.29 is 4.74 Å². The predicted molar refractivity (Wildman–Crippen MR) is 74.2 cm³/mol. The molecule has 0 radical (unpaired) electrons. The highest BCUT2D eigenvalue weighted by atomic mass is 35.5. The topological polar surface area (TPSA) is 21.3 Å². The van der Waals surface area contributed by atoms with Gasteiger partial charge in [-0.3, -0.25) is 0 Å². The van der Waals surface area contributed by atoms with Crippen molar-refractivity contribution in [1.29, 1.82) is 0 Å². The molecule has 2 nitrogen and oxygen atoms in total. The van der Waals surface area contributed by atoms with Gasteiger partial charge in [-0.1, -0.05) is 18.5 Å². The molecule has 1 atom stereocenters. The van der Waals surface area contributed by atoms with E-state index >= 15 is 0 Å². The van der Waals surface area contributed by atoms with Crippen LogP contribution in [-0.4, -0.2) is 19.2 Å². The Labute approximate surface area is 109 Å².